The van der Waals surface area contributed by atoms with Crippen LogP contribution in [0.2, 0.25) is 0 Å². The van der Waals surface area contributed by atoms with Gasteiger partial charge in [0, 0.05) is 0 Å². The van der Waals surface area contributed by atoms with Crippen molar-refractivity contribution >= 4 is 11.9 Å². The molecule has 0 fully saturated rings. The molecule has 1 aromatic carbocycles. The first-order valence-electron chi connectivity index (χ1n) is 5.31. The Morgan fingerprint density at radius 1 is 1.11 bits per heavy atom. The minimum absolute atomic E-state index is 0.125. The largest absolute Gasteiger partial charge is 0.481 e. The SMILES string of the molecule is O=C(O)CC(Cc1ccc(C(F)(F)F)cc1)C(=O)O. The molecule has 0 amide bonds. The van der Waals surface area contributed by atoms with Gasteiger partial charge >= 0.3 is 18.1 Å². The first-order chi connectivity index (χ1) is 8.70. The fourth-order valence-corrected chi connectivity index (χ4v) is 1.57. The van der Waals surface area contributed by atoms with Crippen molar-refractivity contribution in [2.45, 2.75) is 19.0 Å². The second-order valence-electron chi connectivity index (χ2n) is 4.03. The van der Waals surface area contributed by atoms with Crippen molar-refractivity contribution in [3.63, 3.8) is 0 Å². The predicted octanol–water partition coefficient (Wildman–Crippen LogP) is 2.42. The normalized spacial score (nSPS) is 13.0. The Morgan fingerprint density at radius 3 is 2.00 bits per heavy atom. The Morgan fingerprint density at radius 2 is 1.63 bits per heavy atom. The van der Waals surface area contributed by atoms with E-state index in [0.717, 1.165) is 24.3 Å². The summed E-state index contributed by atoms with van der Waals surface area (Å²) in [5, 5.41) is 17.4. The lowest BCUT2D eigenvalue weighted by atomic mass is 9.96. The van der Waals surface area contributed by atoms with Gasteiger partial charge in [0.05, 0.1) is 17.9 Å². The number of alkyl halides is 3. The van der Waals surface area contributed by atoms with E-state index in [-0.39, 0.29) is 6.42 Å². The molecule has 0 saturated heterocycles. The van der Waals surface area contributed by atoms with Gasteiger partial charge in [-0.1, -0.05) is 12.1 Å². The highest BCUT2D eigenvalue weighted by atomic mass is 19.4. The first-order valence-corrected chi connectivity index (χ1v) is 5.31. The van der Waals surface area contributed by atoms with Crippen LogP contribution in [0, 0.1) is 5.92 Å². The van der Waals surface area contributed by atoms with Gasteiger partial charge in [-0.25, -0.2) is 0 Å². The van der Waals surface area contributed by atoms with Gasteiger partial charge in [-0.2, -0.15) is 13.2 Å². The number of benzene rings is 1. The maximum absolute atomic E-state index is 12.3. The standard InChI is InChI=1S/C12H11F3O4/c13-12(14,15)9-3-1-7(2-4-9)5-8(11(18)19)6-10(16)17/h1-4,8H,5-6H2,(H,16,17)(H,18,19). The van der Waals surface area contributed by atoms with E-state index in [2.05, 4.69) is 0 Å². The zero-order valence-corrected chi connectivity index (χ0v) is 9.65. The van der Waals surface area contributed by atoms with Crippen molar-refractivity contribution in [1.82, 2.24) is 0 Å². The van der Waals surface area contributed by atoms with Gasteiger partial charge in [0.2, 0.25) is 0 Å². The zero-order chi connectivity index (χ0) is 14.6. The van der Waals surface area contributed by atoms with Crippen LogP contribution in [0.1, 0.15) is 17.5 Å². The minimum atomic E-state index is -4.45. The Bertz CT molecular complexity index is 465. The fraction of sp³-hybridized carbons (Fsp3) is 0.333. The third kappa shape index (κ3) is 4.61. The number of hydrogen-bond acceptors (Lipinski definition) is 2. The Kier molecular flexibility index (Phi) is 4.52. The summed E-state index contributed by atoms with van der Waals surface area (Å²) in [6.07, 6.45) is -5.15. The quantitative estimate of drug-likeness (QED) is 0.866. The summed E-state index contributed by atoms with van der Waals surface area (Å²) >= 11 is 0. The molecular weight excluding hydrogens is 265 g/mol. The molecule has 0 aromatic heterocycles. The lowest BCUT2D eigenvalue weighted by molar-refractivity contribution is -0.148. The maximum atomic E-state index is 12.3. The molecule has 0 spiro atoms. The van der Waals surface area contributed by atoms with Crippen LogP contribution in [0.3, 0.4) is 0 Å². The zero-order valence-electron chi connectivity index (χ0n) is 9.65. The maximum Gasteiger partial charge on any atom is 0.416 e. The van der Waals surface area contributed by atoms with E-state index >= 15 is 0 Å². The topological polar surface area (TPSA) is 74.6 Å². The van der Waals surface area contributed by atoms with Crippen LogP contribution in [-0.2, 0) is 22.2 Å². The van der Waals surface area contributed by atoms with E-state index in [1.165, 1.54) is 0 Å². The van der Waals surface area contributed by atoms with E-state index < -0.39 is 36.0 Å². The summed E-state index contributed by atoms with van der Waals surface area (Å²) in [7, 11) is 0. The molecule has 19 heavy (non-hydrogen) atoms. The van der Waals surface area contributed by atoms with E-state index in [1.807, 2.05) is 0 Å². The molecule has 0 bridgehead atoms. The lowest BCUT2D eigenvalue weighted by Gasteiger charge is -2.11. The van der Waals surface area contributed by atoms with Crippen LogP contribution >= 0.6 is 0 Å². The van der Waals surface area contributed by atoms with E-state index in [4.69, 9.17) is 10.2 Å². The predicted molar refractivity (Wildman–Crippen MR) is 58.5 cm³/mol. The van der Waals surface area contributed by atoms with Gasteiger partial charge in [0.1, 0.15) is 0 Å². The number of carbonyl (C=O) groups is 2. The smallest absolute Gasteiger partial charge is 0.416 e. The van der Waals surface area contributed by atoms with Crippen molar-refractivity contribution in [1.29, 1.82) is 0 Å². The van der Waals surface area contributed by atoms with Crippen LogP contribution in [0.25, 0.3) is 0 Å². The van der Waals surface area contributed by atoms with Crippen LogP contribution in [0.4, 0.5) is 13.2 Å². The van der Waals surface area contributed by atoms with Gasteiger partial charge in [-0.3, -0.25) is 9.59 Å². The van der Waals surface area contributed by atoms with E-state index in [1.54, 1.807) is 0 Å². The minimum Gasteiger partial charge on any atom is -0.481 e. The number of carboxylic acid groups (broad SMARTS) is 2. The molecule has 1 aromatic rings. The number of rotatable bonds is 5. The van der Waals surface area contributed by atoms with Gasteiger partial charge in [-0.15, -0.1) is 0 Å². The summed E-state index contributed by atoms with van der Waals surface area (Å²) in [6.45, 7) is 0. The van der Waals surface area contributed by atoms with Crippen molar-refractivity contribution in [2.24, 2.45) is 5.92 Å². The van der Waals surface area contributed by atoms with E-state index in [0.29, 0.717) is 5.56 Å². The molecule has 2 N–H and O–H groups in total. The molecule has 4 nitrogen and oxygen atoms in total. The fourth-order valence-electron chi connectivity index (χ4n) is 1.57. The summed E-state index contributed by atoms with van der Waals surface area (Å²) < 4.78 is 36.9. The molecule has 1 atom stereocenters. The first kappa shape index (κ1) is 15.0. The monoisotopic (exact) mass is 276 g/mol. The molecule has 7 heteroatoms. The highest BCUT2D eigenvalue weighted by Gasteiger charge is 2.30. The summed E-state index contributed by atoms with van der Waals surface area (Å²) in [5.74, 6) is -3.71. The molecule has 0 aliphatic carbocycles. The number of carboxylic acids is 2. The summed E-state index contributed by atoms with van der Waals surface area (Å²) in [5.41, 5.74) is -0.483. The molecule has 0 radical (unpaired) electrons. The van der Waals surface area contributed by atoms with Crippen LogP contribution in [-0.4, -0.2) is 22.2 Å². The molecular formula is C12H11F3O4. The highest BCUT2D eigenvalue weighted by molar-refractivity contribution is 5.78. The van der Waals surface area contributed by atoms with Gasteiger partial charge < -0.3 is 10.2 Å². The Hall–Kier alpha value is -2.05. The molecule has 0 saturated carbocycles. The highest BCUT2D eigenvalue weighted by Crippen LogP contribution is 2.29. The third-order valence-electron chi connectivity index (χ3n) is 2.53. The average Bonchev–Trinajstić information content (AvgIpc) is 2.27. The van der Waals surface area contributed by atoms with Crippen molar-refractivity contribution in [2.75, 3.05) is 0 Å². The van der Waals surface area contributed by atoms with E-state index in [9.17, 15) is 22.8 Å². The molecule has 104 valence electrons. The van der Waals surface area contributed by atoms with Crippen molar-refractivity contribution in [3.05, 3.63) is 35.4 Å². The van der Waals surface area contributed by atoms with Crippen LogP contribution in [0.15, 0.2) is 24.3 Å². The Labute approximate surface area is 106 Å². The van der Waals surface area contributed by atoms with Gasteiger partial charge in [-0.05, 0) is 24.1 Å². The number of aliphatic carboxylic acids is 2. The van der Waals surface area contributed by atoms with Gasteiger partial charge in [0.25, 0.3) is 0 Å². The second kappa shape index (κ2) is 5.73. The van der Waals surface area contributed by atoms with Crippen molar-refractivity contribution < 1.29 is 33.0 Å². The lowest BCUT2D eigenvalue weighted by Crippen LogP contribution is -2.20. The van der Waals surface area contributed by atoms with Crippen molar-refractivity contribution in [3.8, 4) is 0 Å². The third-order valence-corrected chi connectivity index (χ3v) is 2.53. The summed E-state index contributed by atoms with van der Waals surface area (Å²) in [6, 6.07) is 3.99. The Balaban J connectivity index is 2.81. The number of hydrogen-bond donors (Lipinski definition) is 2. The van der Waals surface area contributed by atoms with Crippen LogP contribution < -0.4 is 0 Å². The van der Waals surface area contributed by atoms with Gasteiger partial charge in [0.15, 0.2) is 0 Å². The molecule has 1 unspecified atom stereocenters. The second-order valence-corrected chi connectivity index (χ2v) is 4.03. The molecule has 1 rings (SSSR count). The van der Waals surface area contributed by atoms with Crippen LogP contribution in [0.5, 0.6) is 0 Å². The molecule has 0 heterocycles. The average molecular weight is 276 g/mol. The molecule has 0 aliphatic heterocycles. The molecule has 0 aliphatic rings. The summed E-state index contributed by atoms with van der Waals surface area (Å²) in [4.78, 5) is 21.3. The number of halogens is 3.